The molecule has 0 fully saturated rings. The van der Waals surface area contributed by atoms with Crippen LogP contribution >= 0.6 is 0 Å². The number of carbonyl (C=O) groups is 1. The molecule has 1 aromatic carbocycles. The van der Waals surface area contributed by atoms with Crippen molar-refractivity contribution in [2.75, 3.05) is 6.54 Å². The second-order valence-electron chi connectivity index (χ2n) is 6.74. The lowest BCUT2D eigenvalue weighted by atomic mass is 9.95. The number of aromatic hydroxyl groups is 1. The number of aromatic amines is 1. The molecule has 0 saturated heterocycles. The highest BCUT2D eigenvalue weighted by molar-refractivity contribution is 6.01. The largest absolute Gasteiger partial charge is 0.507 e. The third-order valence-corrected chi connectivity index (χ3v) is 4.55. The summed E-state index contributed by atoms with van der Waals surface area (Å²) in [6, 6.07) is 6.30. The topological polar surface area (TPSA) is 116 Å². The van der Waals surface area contributed by atoms with Crippen LogP contribution in [0.4, 0.5) is 10.2 Å². The van der Waals surface area contributed by atoms with Crippen molar-refractivity contribution in [3.8, 4) is 5.75 Å². The summed E-state index contributed by atoms with van der Waals surface area (Å²) in [6.45, 7) is 4.76. The van der Waals surface area contributed by atoms with Gasteiger partial charge in [-0.2, -0.15) is 5.10 Å². The Balaban J connectivity index is 2.03. The van der Waals surface area contributed by atoms with Crippen LogP contribution in [0.1, 0.15) is 62.0 Å². The Bertz CT molecular complexity index is 813. The van der Waals surface area contributed by atoms with Gasteiger partial charge in [-0.05, 0) is 24.5 Å². The maximum atomic E-state index is 14.5. The Morgan fingerprint density at radius 3 is 2.61 bits per heavy atom. The first kappa shape index (κ1) is 21.4. The Kier molecular flexibility index (Phi) is 7.98. The molecule has 1 aromatic heterocycles. The lowest BCUT2D eigenvalue weighted by Crippen LogP contribution is -2.27. The molecule has 5 N–H and O–H groups in total. The lowest BCUT2D eigenvalue weighted by Gasteiger charge is -2.15. The quantitative estimate of drug-likeness (QED) is 0.367. The zero-order valence-corrected chi connectivity index (χ0v) is 16.3. The van der Waals surface area contributed by atoms with E-state index >= 15 is 0 Å². The molecule has 0 saturated carbocycles. The van der Waals surface area contributed by atoms with Gasteiger partial charge in [0.15, 0.2) is 11.5 Å². The first-order valence-corrected chi connectivity index (χ1v) is 9.62. The Hall–Kier alpha value is -2.90. The number of amidine groups is 1. The zero-order valence-electron chi connectivity index (χ0n) is 16.3. The van der Waals surface area contributed by atoms with Crippen LogP contribution in [0.25, 0.3) is 0 Å². The molecule has 0 unspecified atom stereocenters. The lowest BCUT2D eigenvalue weighted by molar-refractivity contribution is 0.0942. The summed E-state index contributed by atoms with van der Waals surface area (Å²) in [5.41, 5.74) is 5.79. The number of amides is 1. The molecule has 0 aliphatic rings. The molecule has 1 amide bonds. The van der Waals surface area contributed by atoms with Crippen LogP contribution in [0.5, 0.6) is 5.75 Å². The van der Waals surface area contributed by atoms with Gasteiger partial charge in [-0.15, -0.1) is 0 Å². The minimum atomic E-state index is -0.880. The predicted octanol–water partition coefficient (Wildman–Crippen LogP) is 3.63. The second kappa shape index (κ2) is 10.4. The van der Waals surface area contributed by atoms with E-state index in [1.165, 1.54) is 6.07 Å². The van der Waals surface area contributed by atoms with Gasteiger partial charge in [-0.1, -0.05) is 51.7 Å². The molecule has 0 atom stereocenters. The minimum absolute atomic E-state index is 0.0774. The number of carbonyl (C=O) groups excluding carboxylic acids is 1. The third kappa shape index (κ3) is 5.55. The number of phenols is 1. The van der Waals surface area contributed by atoms with Crippen LogP contribution in [0.3, 0.4) is 0 Å². The number of aliphatic imine (C=N–C) groups is 1. The van der Waals surface area contributed by atoms with E-state index in [2.05, 4.69) is 34.4 Å². The first-order valence-electron chi connectivity index (χ1n) is 9.62. The molecule has 0 radical (unpaired) electrons. The van der Waals surface area contributed by atoms with Crippen LogP contribution < -0.4 is 11.1 Å². The molecule has 152 valence electrons. The standard InChI is InChI=1S/C20H28FN5O2/c1-3-7-13(8-4-2)11-12-23-20(28)17-16(21)19(26-25-17)24-18(22)14-9-5-6-10-15(14)27/h5-6,9-10,13,27H,3-4,7-8,11-12H2,1-2H3,(H,23,28)(H3,22,24,25,26). The summed E-state index contributed by atoms with van der Waals surface area (Å²) in [6.07, 6.45) is 5.30. The van der Waals surface area contributed by atoms with Crippen molar-refractivity contribution in [1.82, 2.24) is 15.5 Å². The highest BCUT2D eigenvalue weighted by Crippen LogP contribution is 2.21. The highest BCUT2D eigenvalue weighted by Gasteiger charge is 2.20. The number of benzene rings is 1. The van der Waals surface area contributed by atoms with Gasteiger partial charge in [0.1, 0.15) is 11.6 Å². The predicted molar refractivity (Wildman–Crippen MR) is 107 cm³/mol. The van der Waals surface area contributed by atoms with Crippen LogP contribution in [-0.2, 0) is 0 Å². The van der Waals surface area contributed by atoms with E-state index in [4.69, 9.17) is 5.73 Å². The molecule has 0 bridgehead atoms. The number of halogens is 1. The van der Waals surface area contributed by atoms with Crippen LogP contribution in [0.2, 0.25) is 0 Å². The molecule has 28 heavy (non-hydrogen) atoms. The maximum Gasteiger partial charge on any atom is 0.272 e. The number of para-hydroxylation sites is 1. The van der Waals surface area contributed by atoms with Gasteiger partial charge in [0.2, 0.25) is 5.82 Å². The van der Waals surface area contributed by atoms with E-state index in [-0.39, 0.29) is 28.7 Å². The molecule has 2 aromatic rings. The van der Waals surface area contributed by atoms with Crippen LogP contribution in [0, 0.1) is 11.7 Å². The van der Waals surface area contributed by atoms with E-state index in [1.54, 1.807) is 18.2 Å². The van der Waals surface area contributed by atoms with E-state index in [0.29, 0.717) is 12.5 Å². The fourth-order valence-corrected chi connectivity index (χ4v) is 3.14. The SMILES string of the molecule is CCCC(CCC)CCNC(=O)c1[nH]nc(N=C(N)c2ccccc2O)c1F. The van der Waals surface area contributed by atoms with Crippen molar-refractivity contribution in [2.45, 2.75) is 46.0 Å². The van der Waals surface area contributed by atoms with Crippen molar-refractivity contribution in [2.24, 2.45) is 16.6 Å². The molecule has 0 aliphatic carbocycles. The van der Waals surface area contributed by atoms with Gasteiger partial charge < -0.3 is 16.2 Å². The molecule has 0 spiro atoms. The van der Waals surface area contributed by atoms with Crippen LogP contribution in [0.15, 0.2) is 29.3 Å². The van der Waals surface area contributed by atoms with Crippen LogP contribution in [-0.4, -0.2) is 33.6 Å². The number of nitrogens with two attached hydrogens (primary N) is 1. The summed E-state index contributed by atoms with van der Waals surface area (Å²) < 4.78 is 14.5. The summed E-state index contributed by atoms with van der Waals surface area (Å²) in [5, 5.41) is 18.6. The van der Waals surface area contributed by atoms with Crippen molar-refractivity contribution in [3.63, 3.8) is 0 Å². The number of rotatable bonds is 10. The Labute approximate surface area is 164 Å². The normalized spacial score (nSPS) is 11.8. The van der Waals surface area contributed by atoms with Gasteiger partial charge in [-0.25, -0.2) is 9.38 Å². The highest BCUT2D eigenvalue weighted by atomic mass is 19.1. The number of hydrogen-bond acceptors (Lipinski definition) is 4. The van der Waals surface area contributed by atoms with Gasteiger partial charge in [-0.3, -0.25) is 9.89 Å². The van der Waals surface area contributed by atoms with Crippen molar-refractivity contribution in [3.05, 3.63) is 41.3 Å². The Morgan fingerprint density at radius 1 is 1.29 bits per heavy atom. The van der Waals surface area contributed by atoms with E-state index in [1.807, 2.05) is 0 Å². The molecule has 7 nitrogen and oxygen atoms in total. The van der Waals surface area contributed by atoms with E-state index < -0.39 is 11.7 Å². The second-order valence-corrected chi connectivity index (χ2v) is 6.74. The molecule has 8 heteroatoms. The molecular formula is C20H28FN5O2. The fourth-order valence-electron chi connectivity index (χ4n) is 3.14. The minimum Gasteiger partial charge on any atom is -0.507 e. The average molecular weight is 389 g/mol. The van der Waals surface area contributed by atoms with Gasteiger partial charge in [0, 0.05) is 6.54 Å². The van der Waals surface area contributed by atoms with Crippen molar-refractivity contribution >= 4 is 17.6 Å². The monoisotopic (exact) mass is 389 g/mol. The Morgan fingerprint density at radius 2 is 1.96 bits per heavy atom. The van der Waals surface area contributed by atoms with Gasteiger partial charge >= 0.3 is 0 Å². The third-order valence-electron chi connectivity index (χ3n) is 4.55. The average Bonchev–Trinajstić information content (AvgIpc) is 3.02. The summed E-state index contributed by atoms with van der Waals surface area (Å²) in [7, 11) is 0. The first-order chi connectivity index (χ1) is 13.5. The molecular weight excluding hydrogens is 361 g/mol. The molecule has 0 aliphatic heterocycles. The van der Waals surface area contributed by atoms with Crippen molar-refractivity contribution in [1.29, 1.82) is 0 Å². The number of nitrogens with one attached hydrogen (secondary N) is 2. The number of hydrogen-bond donors (Lipinski definition) is 4. The molecule has 2 rings (SSSR count). The van der Waals surface area contributed by atoms with Crippen molar-refractivity contribution < 1.29 is 14.3 Å². The number of phenolic OH excluding ortho intramolecular Hbond substituents is 1. The molecule has 1 heterocycles. The smallest absolute Gasteiger partial charge is 0.272 e. The number of aromatic nitrogens is 2. The van der Waals surface area contributed by atoms with E-state index in [0.717, 1.165) is 32.1 Å². The van der Waals surface area contributed by atoms with E-state index in [9.17, 15) is 14.3 Å². The fraction of sp³-hybridized carbons (Fsp3) is 0.450. The number of H-pyrrole nitrogens is 1. The summed E-state index contributed by atoms with van der Waals surface area (Å²) >= 11 is 0. The zero-order chi connectivity index (χ0) is 20.5. The number of nitrogens with zero attached hydrogens (tertiary/aromatic N) is 2. The van der Waals surface area contributed by atoms with Gasteiger partial charge in [0.25, 0.3) is 5.91 Å². The van der Waals surface area contributed by atoms with Gasteiger partial charge in [0.05, 0.1) is 5.56 Å². The maximum absolute atomic E-state index is 14.5. The summed E-state index contributed by atoms with van der Waals surface area (Å²) in [5.74, 6) is -1.40. The summed E-state index contributed by atoms with van der Waals surface area (Å²) in [4.78, 5) is 16.1.